The Kier molecular flexibility index (Phi) is 6.22. The number of hydrogen-bond donors (Lipinski definition) is 2. The van der Waals surface area contributed by atoms with Gasteiger partial charge in [0.1, 0.15) is 5.82 Å². The molecule has 0 saturated heterocycles. The molecule has 140 valence electrons. The highest BCUT2D eigenvalue weighted by Gasteiger charge is 2.18. The third kappa shape index (κ3) is 4.72. The number of hydrogen-bond acceptors (Lipinski definition) is 4. The zero-order valence-corrected chi connectivity index (χ0v) is 16.1. The third-order valence-corrected chi connectivity index (χ3v) is 5.68. The Hall–Kier alpha value is -2.16. The first-order valence-electron chi connectivity index (χ1n) is 7.63. The SMILES string of the molecule is Cc1ccc(S(=O)(=O)N(C)C)cc1NCC(=O)Nc1ccc(Cl)cc1F. The number of nitrogens with zero attached hydrogens (tertiary/aromatic N) is 1. The molecule has 0 unspecified atom stereocenters. The van der Waals surface area contributed by atoms with Gasteiger partial charge in [-0.15, -0.1) is 0 Å². The molecule has 0 radical (unpaired) electrons. The van der Waals surface area contributed by atoms with Gasteiger partial charge < -0.3 is 10.6 Å². The average Bonchev–Trinajstić information content (AvgIpc) is 2.56. The van der Waals surface area contributed by atoms with Crippen molar-refractivity contribution in [1.29, 1.82) is 0 Å². The molecule has 0 heterocycles. The normalized spacial score (nSPS) is 11.5. The van der Waals surface area contributed by atoms with E-state index in [1.165, 1.54) is 38.4 Å². The first-order valence-corrected chi connectivity index (χ1v) is 9.45. The van der Waals surface area contributed by atoms with Crippen LogP contribution in [-0.2, 0) is 14.8 Å². The molecule has 0 fully saturated rings. The van der Waals surface area contributed by atoms with E-state index in [0.717, 1.165) is 15.9 Å². The minimum Gasteiger partial charge on any atom is -0.376 e. The number of rotatable bonds is 6. The summed E-state index contributed by atoms with van der Waals surface area (Å²) in [5, 5.41) is 5.53. The second-order valence-corrected chi connectivity index (χ2v) is 8.38. The maximum absolute atomic E-state index is 13.7. The Morgan fingerprint density at radius 3 is 2.46 bits per heavy atom. The molecule has 2 N–H and O–H groups in total. The Morgan fingerprint density at radius 1 is 1.15 bits per heavy atom. The Balaban J connectivity index is 2.10. The van der Waals surface area contributed by atoms with Gasteiger partial charge in [0.25, 0.3) is 0 Å². The lowest BCUT2D eigenvalue weighted by molar-refractivity contribution is -0.114. The fourth-order valence-corrected chi connectivity index (χ4v) is 3.21. The topological polar surface area (TPSA) is 78.5 Å². The molecule has 2 aromatic carbocycles. The molecule has 2 aromatic rings. The number of amides is 1. The van der Waals surface area contributed by atoms with E-state index >= 15 is 0 Å². The number of benzene rings is 2. The van der Waals surface area contributed by atoms with E-state index in [1.807, 2.05) is 0 Å². The number of carbonyl (C=O) groups is 1. The van der Waals surface area contributed by atoms with E-state index in [0.29, 0.717) is 5.69 Å². The van der Waals surface area contributed by atoms with E-state index in [-0.39, 0.29) is 22.2 Å². The Morgan fingerprint density at radius 2 is 1.85 bits per heavy atom. The Bertz CT molecular complexity index is 933. The highest BCUT2D eigenvalue weighted by molar-refractivity contribution is 7.89. The summed E-state index contributed by atoms with van der Waals surface area (Å²) in [6.07, 6.45) is 0. The van der Waals surface area contributed by atoms with E-state index in [2.05, 4.69) is 10.6 Å². The van der Waals surface area contributed by atoms with Crippen molar-refractivity contribution in [2.45, 2.75) is 11.8 Å². The minimum atomic E-state index is -3.58. The van der Waals surface area contributed by atoms with Crippen molar-refractivity contribution in [2.24, 2.45) is 0 Å². The van der Waals surface area contributed by atoms with Crippen molar-refractivity contribution >= 4 is 38.9 Å². The quantitative estimate of drug-likeness (QED) is 0.782. The molecule has 0 aliphatic heterocycles. The number of halogens is 2. The molecule has 2 rings (SSSR count). The standard InChI is InChI=1S/C17H19ClFN3O3S/c1-11-4-6-13(26(24,25)22(2)3)9-16(11)20-10-17(23)21-15-7-5-12(18)8-14(15)19/h4-9,20H,10H2,1-3H3,(H,21,23). The summed E-state index contributed by atoms with van der Waals surface area (Å²) in [4.78, 5) is 12.1. The Labute approximate surface area is 157 Å². The number of sulfonamides is 1. The minimum absolute atomic E-state index is 0.0156. The average molecular weight is 400 g/mol. The zero-order chi connectivity index (χ0) is 19.5. The highest BCUT2D eigenvalue weighted by atomic mass is 35.5. The molecule has 1 amide bonds. The number of anilines is 2. The van der Waals surface area contributed by atoms with Crippen LogP contribution in [0.4, 0.5) is 15.8 Å². The first kappa shape index (κ1) is 20.2. The predicted octanol–water partition coefficient (Wildman–Crippen LogP) is 3.09. The van der Waals surface area contributed by atoms with Crippen LogP contribution in [0.25, 0.3) is 0 Å². The molecular weight excluding hydrogens is 381 g/mol. The van der Waals surface area contributed by atoms with Gasteiger partial charge in [0.15, 0.2) is 0 Å². The molecule has 0 saturated carbocycles. The van der Waals surface area contributed by atoms with E-state index in [1.54, 1.807) is 13.0 Å². The van der Waals surface area contributed by atoms with E-state index < -0.39 is 21.7 Å². The van der Waals surface area contributed by atoms with E-state index in [4.69, 9.17) is 11.6 Å². The summed E-state index contributed by atoms with van der Waals surface area (Å²) in [6.45, 7) is 1.62. The highest BCUT2D eigenvalue weighted by Crippen LogP contribution is 2.22. The molecule has 0 bridgehead atoms. The summed E-state index contributed by atoms with van der Waals surface area (Å²) in [6, 6.07) is 8.54. The van der Waals surface area contributed by atoms with Gasteiger partial charge in [-0.3, -0.25) is 4.79 Å². The summed E-state index contributed by atoms with van der Waals surface area (Å²) < 4.78 is 39.2. The summed E-state index contributed by atoms with van der Waals surface area (Å²) in [5.74, 6) is -1.12. The lowest BCUT2D eigenvalue weighted by Crippen LogP contribution is -2.24. The first-order chi connectivity index (χ1) is 12.1. The van der Waals surface area contributed by atoms with Gasteiger partial charge in [0.2, 0.25) is 15.9 Å². The van der Waals surface area contributed by atoms with Crippen LogP contribution in [0, 0.1) is 12.7 Å². The van der Waals surface area contributed by atoms with Gasteiger partial charge in [0.05, 0.1) is 17.1 Å². The lowest BCUT2D eigenvalue weighted by Gasteiger charge is -2.15. The fourth-order valence-electron chi connectivity index (χ4n) is 2.12. The molecule has 0 aliphatic rings. The van der Waals surface area contributed by atoms with Crippen LogP contribution < -0.4 is 10.6 Å². The van der Waals surface area contributed by atoms with Gasteiger partial charge in [-0.2, -0.15) is 0 Å². The van der Waals surface area contributed by atoms with Crippen LogP contribution in [0.3, 0.4) is 0 Å². The zero-order valence-electron chi connectivity index (χ0n) is 14.5. The fraction of sp³-hybridized carbons (Fsp3) is 0.235. The van der Waals surface area contributed by atoms with Crippen molar-refractivity contribution in [3.63, 3.8) is 0 Å². The van der Waals surface area contributed by atoms with Crippen molar-refractivity contribution in [2.75, 3.05) is 31.3 Å². The van der Waals surface area contributed by atoms with Crippen LogP contribution in [0.2, 0.25) is 5.02 Å². The summed E-state index contributed by atoms with van der Waals surface area (Å²) in [7, 11) is -0.701. The van der Waals surface area contributed by atoms with Gasteiger partial charge in [-0.1, -0.05) is 17.7 Å². The van der Waals surface area contributed by atoms with Crippen LogP contribution in [-0.4, -0.2) is 39.3 Å². The second kappa shape index (κ2) is 8.03. The van der Waals surface area contributed by atoms with Crippen LogP contribution in [0.1, 0.15) is 5.56 Å². The van der Waals surface area contributed by atoms with Crippen molar-refractivity contribution in [3.05, 3.63) is 52.8 Å². The second-order valence-electron chi connectivity index (χ2n) is 5.79. The molecule has 0 atom stereocenters. The molecule has 0 aliphatic carbocycles. The van der Waals surface area contributed by atoms with Crippen LogP contribution in [0.5, 0.6) is 0 Å². The molecule has 0 aromatic heterocycles. The number of nitrogens with one attached hydrogen (secondary N) is 2. The lowest BCUT2D eigenvalue weighted by atomic mass is 10.2. The maximum Gasteiger partial charge on any atom is 0.243 e. The van der Waals surface area contributed by atoms with Gasteiger partial charge in [-0.25, -0.2) is 17.1 Å². The molecular formula is C17H19ClFN3O3S. The molecule has 26 heavy (non-hydrogen) atoms. The summed E-state index contributed by atoms with van der Waals surface area (Å²) in [5.41, 5.74) is 1.29. The maximum atomic E-state index is 13.7. The van der Waals surface area contributed by atoms with Gasteiger partial charge in [0, 0.05) is 24.8 Å². The number of aryl methyl sites for hydroxylation is 1. The van der Waals surface area contributed by atoms with Gasteiger partial charge in [-0.05, 0) is 42.8 Å². The summed E-state index contributed by atoms with van der Waals surface area (Å²) >= 11 is 5.67. The van der Waals surface area contributed by atoms with Crippen molar-refractivity contribution in [1.82, 2.24) is 4.31 Å². The predicted molar refractivity (Wildman–Crippen MR) is 101 cm³/mol. The largest absolute Gasteiger partial charge is 0.376 e. The smallest absolute Gasteiger partial charge is 0.243 e. The van der Waals surface area contributed by atoms with Crippen LogP contribution in [0.15, 0.2) is 41.3 Å². The van der Waals surface area contributed by atoms with Crippen molar-refractivity contribution in [3.8, 4) is 0 Å². The van der Waals surface area contributed by atoms with Crippen LogP contribution >= 0.6 is 11.6 Å². The van der Waals surface area contributed by atoms with Crippen molar-refractivity contribution < 1.29 is 17.6 Å². The number of carbonyl (C=O) groups excluding carboxylic acids is 1. The monoisotopic (exact) mass is 399 g/mol. The molecule has 6 nitrogen and oxygen atoms in total. The van der Waals surface area contributed by atoms with Gasteiger partial charge >= 0.3 is 0 Å². The van der Waals surface area contributed by atoms with E-state index in [9.17, 15) is 17.6 Å². The molecule has 9 heteroatoms. The third-order valence-electron chi connectivity index (χ3n) is 3.63. The molecule has 0 spiro atoms.